The fourth-order valence-electron chi connectivity index (χ4n) is 3.06. The Balaban J connectivity index is 0.00000156. The summed E-state index contributed by atoms with van der Waals surface area (Å²) in [7, 11) is -4.03. The normalized spacial score (nSPS) is 29.0. The molecule has 124 valence electrons. The average molecular weight is 420 g/mol. The van der Waals surface area contributed by atoms with Gasteiger partial charge in [-0.15, -0.1) is 5.10 Å². The summed E-state index contributed by atoms with van der Waals surface area (Å²) >= 11 is 0. The minimum atomic E-state index is -4.03. The van der Waals surface area contributed by atoms with Crippen molar-refractivity contribution in [2.45, 2.75) is 36.1 Å². The molecule has 14 heteroatoms. The van der Waals surface area contributed by atoms with Gasteiger partial charge in [-0.1, -0.05) is 5.21 Å². The van der Waals surface area contributed by atoms with Crippen molar-refractivity contribution in [3.8, 4) is 0 Å². The summed E-state index contributed by atoms with van der Waals surface area (Å²) in [6, 6.07) is -1.69. The van der Waals surface area contributed by atoms with Gasteiger partial charge in [0.15, 0.2) is 9.84 Å². The van der Waals surface area contributed by atoms with Crippen molar-refractivity contribution >= 4 is 27.7 Å². The molecule has 2 aliphatic heterocycles. The number of carboxylic acids is 2. The molecule has 0 bridgehead atoms. The predicted octanol–water partition coefficient (Wildman–Crippen LogP) is -10.5. The van der Waals surface area contributed by atoms with E-state index in [1.807, 2.05) is 0 Å². The number of aromatic carboxylic acids is 1. The number of hydrogen-bond donors (Lipinski definition) is 0. The molecule has 11 nitrogen and oxygen atoms in total. The molecular weight excluding hydrogens is 410 g/mol. The number of nitrogens with zero attached hydrogens (tertiary/aromatic N) is 4. The van der Waals surface area contributed by atoms with E-state index in [0.717, 1.165) is 22.7 Å². The number of sulfone groups is 1. The number of carbonyl (C=O) groups excluding carboxylic acids is 3. The maximum absolute atomic E-state index is 12.6. The molecule has 1 amide bonds. The van der Waals surface area contributed by atoms with E-state index < -0.39 is 56.1 Å². The molecule has 3 atom stereocenters. The Morgan fingerprint density at radius 1 is 1.36 bits per heavy atom. The second-order valence-corrected chi connectivity index (χ2v) is 8.19. The molecule has 0 aromatic carbocycles. The number of aliphatic carboxylic acids is 1. The number of aromatic nitrogens is 3. The largest absolute Gasteiger partial charge is 1.00 e. The molecule has 0 aliphatic carbocycles. The van der Waals surface area contributed by atoms with Gasteiger partial charge >= 0.3 is 103 Å². The van der Waals surface area contributed by atoms with Crippen molar-refractivity contribution in [2.75, 3.05) is 0 Å². The summed E-state index contributed by atoms with van der Waals surface area (Å²) in [4.78, 5) is 34.5. The minimum Gasteiger partial charge on any atom is -0.548 e. The number of rotatable bonds is 4. The smallest absolute Gasteiger partial charge is 0.548 e. The van der Waals surface area contributed by atoms with Crippen molar-refractivity contribution in [3.63, 3.8) is 0 Å². The Morgan fingerprint density at radius 2 is 1.96 bits per heavy atom. The average Bonchev–Trinajstić information content (AvgIpc) is 2.93. The molecule has 2 saturated heterocycles. The molecule has 2 fully saturated rings. The number of fused-ring (bicyclic) bond motifs is 1. The van der Waals surface area contributed by atoms with E-state index in [9.17, 15) is 33.0 Å². The zero-order valence-electron chi connectivity index (χ0n) is 13.7. The molecule has 0 spiro atoms. The van der Waals surface area contributed by atoms with E-state index in [-0.39, 0.29) is 109 Å². The predicted molar refractivity (Wildman–Crippen MR) is 65.7 cm³/mol. The van der Waals surface area contributed by atoms with Gasteiger partial charge < -0.3 is 24.7 Å². The molecule has 25 heavy (non-hydrogen) atoms. The van der Waals surface area contributed by atoms with Crippen LogP contribution in [-0.4, -0.2) is 62.3 Å². The Kier molecular flexibility index (Phi) is 7.64. The number of β-lactam (4-membered cyclic amide) rings is 1. The quantitative estimate of drug-likeness (QED) is 0.339. The molecule has 2 aliphatic rings. The Labute approximate surface area is 227 Å². The third-order valence-corrected chi connectivity index (χ3v) is 7.02. The third kappa shape index (κ3) is 3.60. The molecule has 3 rings (SSSR count). The summed E-state index contributed by atoms with van der Waals surface area (Å²) in [6.45, 7) is 0.670. The molecule has 0 saturated carbocycles. The second-order valence-electron chi connectivity index (χ2n) is 5.63. The van der Waals surface area contributed by atoms with E-state index >= 15 is 0 Å². The standard InChI is InChI=1S/C11H12N4O7S.2K/c1-11(4-14-3-5(9(17)18)12-13-14)8(10(19)20)15-6(16)2-7(15)23(11,21)22;;/h3,7-8H,2,4H2,1H3,(H,17,18)(H,19,20);;/q;2*+1/p-2/t7-,8-,11-;;/m0../s1. The van der Waals surface area contributed by atoms with E-state index in [0.29, 0.717) is 0 Å². The first-order chi connectivity index (χ1) is 10.6. The minimum absolute atomic E-state index is 0. The van der Waals surface area contributed by atoms with Gasteiger partial charge in [-0.25, -0.2) is 8.42 Å². The molecule has 3 heterocycles. The van der Waals surface area contributed by atoms with Gasteiger partial charge in [0.05, 0.1) is 37.1 Å². The zero-order valence-corrected chi connectivity index (χ0v) is 20.8. The van der Waals surface area contributed by atoms with Crippen LogP contribution in [0.15, 0.2) is 6.20 Å². The van der Waals surface area contributed by atoms with Gasteiger partial charge in [0.1, 0.15) is 15.8 Å². The third-order valence-electron chi connectivity index (χ3n) is 4.26. The van der Waals surface area contributed by atoms with E-state index in [1.54, 1.807) is 0 Å². The van der Waals surface area contributed by atoms with Crippen molar-refractivity contribution in [3.05, 3.63) is 11.9 Å². The maximum atomic E-state index is 12.6. The maximum Gasteiger partial charge on any atom is 1.00 e. The number of carboxylic acid groups (broad SMARTS) is 2. The SMILES string of the molecule is C[C@]1(Cn2cc(C(=O)[O-])nn2)[C@H](C(=O)[O-])N2C(=O)C[C@@H]2S1(=O)=O.[K+].[K+]. The van der Waals surface area contributed by atoms with E-state index in [2.05, 4.69) is 10.3 Å². The van der Waals surface area contributed by atoms with Gasteiger partial charge in [-0.3, -0.25) is 9.48 Å². The Hall–Kier alpha value is 0.773. The van der Waals surface area contributed by atoms with Crippen molar-refractivity contribution in [1.82, 2.24) is 19.9 Å². The summed E-state index contributed by atoms with van der Waals surface area (Å²) in [5.41, 5.74) is -0.520. The zero-order chi connectivity index (χ0) is 17.2. The van der Waals surface area contributed by atoms with E-state index in [1.165, 1.54) is 0 Å². The van der Waals surface area contributed by atoms with Gasteiger partial charge in [0.25, 0.3) is 0 Å². The fraction of sp³-hybridized carbons (Fsp3) is 0.545. The molecule has 0 radical (unpaired) electrons. The second kappa shape index (κ2) is 8.02. The number of hydrogen-bond acceptors (Lipinski definition) is 9. The van der Waals surface area contributed by atoms with Crippen LogP contribution in [-0.2, 0) is 26.0 Å². The van der Waals surface area contributed by atoms with Crippen LogP contribution in [0.4, 0.5) is 0 Å². The number of amides is 1. The van der Waals surface area contributed by atoms with Crippen molar-refractivity contribution < 1.29 is 136 Å². The summed E-state index contributed by atoms with van der Waals surface area (Å²) in [5.74, 6) is -3.90. The van der Waals surface area contributed by atoms with Gasteiger partial charge in [0, 0.05) is 0 Å². The van der Waals surface area contributed by atoms with Crippen molar-refractivity contribution in [1.29, 1.82) is 0 Å². The monoisotopic (exact) mass is 420 g/mol. The van der Waals surface area contributed by atoms with Crippen LogP contribution in [0.3, 0.4) is 0 Å². The van der Waals surface area contributed by atoms with Crippen LogP contribution >= 0.6 is 0 Å². The summed E-state index contributed by atoms with van der Waals surface area (Å²) < 4.78 is 24.2. The molecule has 0 N–H and O–H groups in total. The molecule has 1 aromatic rings. The Bertz CT molecular complexity index is 841. The van der Waals surface area contributed by atoms with Crippen LogP contribution in [0.25, 0.3) is 0 Å². The van der Waals surface area contributed by atoms with Gasteiger partial charge in [0.2, 0.25) is 5.91 Å². The molecular formula is C11H10K2N4O7S. The fourth-order valence-corrected chi connectivity index (χ4v) is 5.42. The van der Waals surface area contributed by atoms with Gasteiger partial charge in [-0.05, 0) is 6.92 Å². The molecule has 1 aromatic heterocycles. The van der Waals surface area contributed by atoms with Crippen LogP contribution in [0, 0.1) is 0 Å². The summed E-state index contributed by atoms with van der Waals surface area (Å²) in [5, 5.41) is 27.6. The van der Waals surface area contributed by atoms with Gasteiger partial charge in [-0.2, -0.15) is 0 Å². The Morgan fingerprint density at radius 3 is 2.40 bits per heavy atom. The van der Waals surface area contributed by atoms with Crippen LogP contribution in [0.1, 0.15) is 23.8 Å². The molecule has 0 unspecified atom stereocenters. The van der Waals surface area contributed by atoms with Crippen molar-refractivity contribution in [2.24, 2.45) is 0 Å². The first-order valence-electron chi connectivity index (χ1n) is 6.46. The van der Waals surface area contributed by atoms with E-state index in [4.69, 9.17) is 0 Å². The van der Waals surface area contributed by atoms with Crippen LogP contribution < -0.4 is 113 Å². The number of carbonyl (C=O) groups is 3. The summed E-state index contributed by atoms with van der Waals surface area (Å²) in [6.07, 6.45) is 0.642. The topological polar surface area (TPSA) is 165 Å². The first-order valence-corrected chi connectivity index (χ1v) is 8.01. The van der Waals surface area contributed by atoms with Crippen LogP contribution in [0.2, 0.25) is 0 Å². The van der Waals surface area contributed by atoms with Crippen LogP contribution in [0.5, 0.6) is 0 Å². The first kappa shape index (κ1) is 23.8.